The van der Waals surface area contributed by atoms with Crippen molar-refractivity contribution in [3.8, 4) is 0 Å². The number of anilines is 1. The van der Waals surface area contributed by atoms with Crippen molar-refractivity contribution in [3.05, 3.63) is 54.4 Å². The molecule has 144 valence electrons. The highest BCUT2D eigenvalue weighted by Crippen LogP contribution is 2.48. The number of Topliss-reactive ketones (excluding diaryl/α,β-unsaturated/α-hetero) is 1. The lowest BCUT2D eigenvalue weighted by Crippen LogP contribution is -2.47. The number of hydrogen-bond acceptors (Lipinski definition) is 4. The van der Waals surface area contributed by atoms with Gasteiger partial charge in [0.25, 0.3) is 0 Å². The van der Waals surface area contributed by atoms with Crippen molar-refractivity contribution < 1.29 is 9.59 Å². The second-order valence-corrected chi connectivity index (χ2v) is 8.40. The van der Waals surface area contributed by atoms with E-state index in [1.807, 2.05) is 43.3 Å². The monoisotopic (exact) mass is 375 g/mol. The fourth-order valence-corrected chi connectivity index (χ4v) is 4.47. The van der Waals surface area contributed by atoms with Crippen LogP contribution in [0, 0.1) is 11.3 Å². The van der Waals surface area contributed by atoms with Crippen LogP contribution in [0.5, 0.6) is 0 Å². The van der Waals surface area contributed by atoms with Gasteiger partial charge in [0.2, 0.25) is 5.91 Å². The lowest BCUT2D eigenvalue weighted by molar-refractivity contribution is -0.125. The highest BCUT2D eigenvalue weighted by Gasteiger charge is 2.47. The van der Waals surface area contributed by atoms with Gasteiger partial charge in [0.1, 0.15) is 5.78 Å². The number of carbonyl (C=O) groups is 2. The molecule has 1 aromatic carbocycles. The molecule has 1 aliphatic carbocycles. The summed E-state index contributed by atoms with van der Waals surface area (Å²) in [7, 11) is 0. The van der Waals surface area contributed by atoms with E-state index >= 15 is 0 Å². The molecule has 2 heterocycles. The van der Waals surface area contributed by atoms with Gasteiger partial charge in [0.05, 0.1) is 23.3 Å². The van der Waals surface area contributed by atoms with Crippen LogP contribution >= 0.6 is 0 Å². The topological polar surface area (TPSA) is 62.6 Å². The molecule has 1 saturated carbocycles. The number of para-hydroxylation sites is 2. The average Bonchev–Trinajstić information content (AvgIpc) is 2.81. The summed E-state index contributed by atoms with van der Waals surface area (Å²) >= 11 is 0. The standard InChI is InChI=1S/C23H25N3O2/c1-4-20(28)26-18-10-6-5-9-16(18)25-17-12-23(2,3)13-19(27)21(17)22(26)15-8-7-11-24-14-15/h5-11,14,21-22H,4,12-13H2,1-3H3. The van der Waals surface area contributed by atoms with Gasteiger partial charge in [-0.25, -0.2) is 0 Å². The number of amides is 1. The van der Waals surface area contributed by atoms with Crippen molar-refractivity contribution in [1.29, 1.82) is 0 Å². The Morgan fingerprint density at radius 3 is 2.68 bits per heavy atom. The van der Waals surface area contributed by atoms with E-state index in [1.54, 1.807) is 17.3 Å². The van der Waals surface area contributed by atoms with Gasteiger partial charge >= 0.3 is 0 Å². The molecule has 1 fully saturated rings. The van der Waals surface area contributed by atoms with Gasteiger partial charge in [-0.1, -0.05) is 39.0 Å². The van der Waals surface area contributed by atoms with Crippen LogP contribution in [0.3, 0.4) is 0 Å². The summed E-state index contributed by atoms with van der Waals surface area (Å²) in [6.07, 6.45) is 5.05. The van der Waals surface area contributed by atoms with E-state index in [0.29, 0.717) is 12.8 Å². The molecule has 1 aromatic heterocycles. The summed E-state index contributed by atoms with van der Waals surface area (Å²) in [5, 5.41) is 0. The molecule has 2 unspecified atom stereocenters. The molecule has 5 nitrogen and oxygen atoms in total. The summed E-state index contributed by atoms with van der Waals surface area (Å²) in [6.45, 7) is 6.06. The summed E-state index contributed by atoms with van der Waals surface area (Å²) in [5.41, 5.74) is 3.11. The van der Waals surface area contributed by atoms with E-state index in [0.717, 1.165) is 29.1 Å². The lowest BCUT2D eigenvalue weighted by Gasteiger charge is -2.40. The number of fused-ring (bicyclic) bond motifs is 2. The Morgan fingerprint density at radius 1 is 1.18 bits per heavy atom. The van der Waals surface area contributed by atoms with E-state index in [4.69, 9.17) is 4.99 Å². The van der Waals surface area contributed by atoms with Gasteiger partial charge in [0.15, 0.2) is 0 Å². The van der Waals surface area contributed by atoms with E-state index in [9.17, 15) is 9.59 Å². The van der Waals surface area contributed by atoms with Gasteiger partial charge in [0, 0.05) is 30.9 Å². The Hall–Kier alpha value is -2.82. The number of aromatic nitrogens is 1. The molecule has 1 amide bonds. The number of hydrogen-bond donors (Lipinski definition) is 0. The molecule has 5 heteroatoms. The molecule has 0 spiro atoms. The molecular formula is C23H25N3O2. The molecule has 4 rings (SSSR count). The van der Waals surface area contributed by atoms with Crippen LogP contribution in [0.25, 0.3) is 0 Å². The van der Waals surface area contributed by atoms with E-state index < -0.39 is 12.0 Å². The molecular weight excluding hydrogens is 350 g/mol. The van der Waals surface area contributed by atoms with Crippen molar-refractivity contribution >= 4 is 28.8 Å². The fraction of sp³-hybridized carbons (Fsp3) is 0.391. The average molecular weight is 375 g/mol. The molecule has 0 saturated heterocycles. The maximum Gasteiger partial charge on any atom is 0.227 e. The van der Waals surface area contributed by atoms with Crippen LogP contribution in [0.2, 0.25) is 0 Å². The summed E-state index contributed by atoms with van der Waals surface area (Å²) in [5.74, 6) is -0.318. The first-order valence-corrected chi connectivity index (χ1v) is 9.82. The molecule has 0 radical (unpaired) electrons. The van der Waals surface area contributed by atoms with E-state index in [1.165, 1.54) is 0 Å². The summed E-state index contributed by atoms with van der Waals surface area (Å²) in [4.78, 5) is 37.4. The predicted octanol–water partition coefficient (Wildman–Crippen LogP) is 4.66. The van der Waals surface area contributed by atoms with Crippen molar-refractivity contribution in [3.63, 3.8) is 0 Å². The van der Waals surface area contributed by atoms with E-state index in [2.05, 4.69) is 18.8 Å². The number of ketones is 1. The first kappa shape index (κ1) is 18.5. The SMILES string of the molecule is CCC(=O)N1c2ccccc2N=C2CC(C)(C)CC(=O)C2C1c1cccnc1. The number of benzene rings is 1. The van der Waals surface area contributed by atoms with Gasteiger partial charge in [-0.2, -0.15) is 0 Å². The number of pyridine rings is 1. The first-order chi connectivity index (χ1) is 13.4. The van der Waals surface area contributed by atoms with Crippen molar-refractivity contribution in [2.75, 3.05) is 4.90 Å². The van der Waals surface area contributed by atoms with Crippen molar-refractivity contribution in [2.24, 2.45) is 16.3 Å². The zero-order chi connectivity index (χ0) is 19.9. The molecule has 0 N–H and O–H groups in total. The number of carbonyl (C=O) groups excluding carboxylic acids is 2. The maximum absolute atomic E-state index is 13.3. The van der Waals surface area contributed by atoms with Gasteiger partial charge in [-0.15, -0.1) is 0 Å². The summed E-state index contributed by atoms with van der Waals surface area (Å²) in [6, 6.07) is 11.1. The summed E-state index contributed by atoms with van der Waals surface area (Å²) < 4.78 is 0. The Bertz CT molecular complexity index is 949. The van der Waals surface area contributed by atoms with E-state index in [-0.39, 0.29) is 17.1 Å². The number of aliphatic imine (C=N–C) groups is 1. The maximum atomic E-state index is 13.3. The third kappa shape index (κ3) is 3.15. The van der Waals surface area contributed by atoms with Gasteiger partial charge in [-0.05, 0) is 35.6 Å². The molecule has 1 aliphatic heterocycles. The normalized spacial score (nSPS) is 23.3. The third-order valence-electron chi connectivity index (χ3n) is 5.61. The second kappa shape index (κ2) is 6.97. The number of rotatable bonds is 2. The van der Waals surface area contributed by atoms with Crippen LogP contribution < -0.4 is 4.90 Å². The minimum atomic E-state index is -0.444. The third-order valence-corrected chi connectivity index (χ3v) is 5.61. The van der Waals surface area contributed by atoms with Crippen LogP contribution in [-0.4, -0.2) is 22.4 Å². The van der Waals surface area contributed by atoms with Crippen LogP contribution in [0.4, 0.5) is 11.4 Å². The molecule has 28 heavy (non-hydrogen) atoms. The zero-order valence-corrected chi connectivity index (χ0v) is 16.6. The van der Waals surface area contributed by atoms with Crippen LogP contribution in [-0.2, 0) is 9.59 Å². The molecule has 2 atom stereocenters. The highest BCUT2D eigenvalue weighted by molar-refractivity contribution is 6.13. The Kier molecular flexibility index (Phi) is 4.61. The Balaban J connectivity index is 1.98. The molecule has 2 aliphatic rings. The minimum Gasteiger partial charge on any atom is -0.302 e. The van der Waals surface area contributed by atoms with Crippen molar-refractivity contribution in [1.82, 2.24) is 4.98 Å². The fourth-order valence-electron chi connectivity index (χ4n) is 4.47. The quantitative estimate of drug-likeness (QED) is 0.767. The van der Waals surface area contributed by atoms with Gasteiger partial charge in [-0.3, -0.25) is 19.6 Å². The Morgan fingerprint density at radius 2 is 1.96 bits per heavy atom. The second-order valence-electron chi connectivity index (χ2n) is 8.40. The zero-order valence-electron chi connectivity index (χ0n) is 16.6. The highest BCUT2D eigenvalue weighted by atomic mass is 16.2. The van der Waals surface area contributed by atoms with Crippen molar-refractivity contribution in [2.45, 2.75) is 46.1 Å². The number of nitrogens with zero attached hydrogens (tertiary/aromatic N) is 3. The van der Waals surface area contributed by atoms with Gasteiger partial charge < -0.3 is 4.90 Å². The molecule has 0 bridgehead atoms. The largest absolute Gasteiger partial charge is 0.302 e. The smallest absolute Gasteiger partial charge is 0.227 e. The minimum absolute atomic E-state index is 0.0182. The Labute approximate surface area is 165 Å². The molecule has 2 aromatic rings. The first-order valence-electron chi connectivity index (χ1n) is 9.82. The lowest BCUT2D eigenvalue weighted by atomic mass is 9.68. The van der Waals surface area contributed by atoms with Crippen LogP contribution in [0.15, 0.2) is 53.8 Å². The predicted molar refractivity (Wildman–Crippen MR) is 110 cm³/mol. The van der Waals surface area contributed by atoms with Crippen LogP contribution in [0.1, 0.15) is 51.6 Å².